The van der Waals surface area contributed by atoms with Crippen molar-refractivity contribution in [3.63, 3.8) is 0 Å². The summed E-state index contributed by atoms with van der Waals surface area (Å²) in [7, 11) is 3.26. The predicted molar refractivity (Wildman–Crippen MR) is 82.3 cm³/mol. The topological polar surface area (TPSA) is 87.5 Å². The molecule has 0 fully saturated rings. The molecule has 116 valence electrons. The van der Waals surface area contributed by atoms with Gasteiger partial charge >= 0.3 is 0 Å². The van der Waals surface area contributed by atoms with Crippen LogP contribution in [0.15, 0.2) is 18.2 Å². The number of anilines is 1. The van der Waals surface area contributed by atoms with E-state index < -0.39 is 4.92 Å². The molecular formula is C14H22N4O3. The summed E-state index contributed by atoms with van der Waals surface area (Å²) in [4.78, 5) is 24.0. The van der Waals surface area contributed by atoms with E-state index in [1.54, 1.807) is 26.2 Å². The SMILES string of the molecule is CCCN(CC(=O)NC)Cc1ccc([N+](=O)[O-])c(NC)c1. The minimum Gasteiger partial charge on any atom is -0.383 e. The molecule has 0 aliphatic heterocycles. The van der Waals surface area contributed by atoms with E-state index in [0.717, 1.165) is 18.5 Å². The number of nitro groups is 1. The monoisotopic (exact) mass is 294 g/mol. The molecular weight excluding hydrogens is 272 g/mol. The molecule has 0 saturated carbocycles. The lowest BCUT2D eigenvalue weighted by atomic mass is 10.1. The first-order chi connectivity index (χ1) is 10.0. The van der Waals surface area contributed by atoms with Crippen molar-refractivity contribution in [1.29, 1.82) is 0 Å². The number of carbonyl (C=O) groups is 1. The number of benzene rings is 1. The quantitative estimate of drug-likeness (QED) is 0.561. The third kappa shape index (κ3) is 5.03. The average molecular weight is 294 g/mol. The average Bonchev–Trinajstić information content (AvgIpc) is 2.46. The number of nitro benzene ring substituents is 1. The number of nitrogens with one attached hydrogen (secondary N) is 2. The molecule has 1 aromatic carbocycles. The van der Waals surface area contributed by atoms with Crippen molar-refractivity contribution < 1.29 is 9.72 Å². The Morgan fingerprint density at radius 1 is 1.38 bits per heavy atom. The molecule has 0 saturated heterocycles. The molecule has 0 spiro atoms. The molecule has 21 heavy (non-hydrogen) atoms. The Bertz CT molecular complexity index is 505. The van der Waals surface area contributed by atoms with Crippen LogP contribution in [-0.4, -0.2) is 42.9 Å². The second kappa shape index (κ2) is 8.21. The molecule has 0 atom stereocenters. The standard InChI is InChI=1S/C14H22N4O3/c1-4-7-17(10-14(19)16-3)9-11-5-6-13(18(20)21)12(8-11)15-2/h5-6,8,15H,4,7,9-10H2,1-3H3,(H,16,19). The summed E-state index contributed by atoms with van der Waals surface area (Å²) in [5, 5.41) is 16.3. The number of rotatable bonds is 8. The van der Waals surface area contributed by atoms with Crippen molar-refractivity contribution >= 4 is 17.3 Å². The molecule has 7 nitrogen and oxygen atoms in total. The highest BCUT2D eigenvalue weighted by molar-refractivity contribution is 5.77. The van der Waals surface area contributed by atoms with Crippen LogP contribution in [0.3, 0.4) is 0 Å². The van der Waals surface area contributed by atoms with Gasteiger partial charge < -0.3 is 10.6 Å². The van der Waals surface area contributed by atoms with Gasteiger partial charge in [0, 0.05) is 26.7 Å². The van der Waals surface area contributed by atoms with Gasteiger partial charge in [-0.05, 0) is 24.6 Å². The van der Waals surface area contributed by atoms with Crippen LogP contribution in [-0.2, 0) is 11.3 Å². The molecule has 1 rings (SSSR count). The largest absolute Gasteiger partial charge is 0.383 e. The fourth-order valence-electron chi connectivity index (χ4n) is 2.11. The molecule has 2 N–H and O–H groups in total. The molecule has 1 aromatic rings. The lowest BCUT2D eigenvalue weighted by Crippen LogP contribution is -2.35. The summed E-state index contributed by atoms with van der Waals surface area (Å²) in [6.45, 7) is 3.73. The minimum absolute atomic E-state index is 0.0424. The van der Waals surface area contributed by atoms with E-state index in [9.17, 15) is 14.9 Å². The molecule has 0 aliphatic rings. The van der Waals surface area contributed by atoms with Crippen LogP contribution >= 0.6 is 0 Å². The summed E-state index contributed by atoms with van der Waals surface area (Å²) in [6, 6.07) is 4.97. The Morgan fingerprint density at radius 3 is 2.62 bits per heavy atom. The molecule has 1 amide bonds. The van der Waals surface area contributed by atoms with E-state index >= 15 is 0 Å². The van der Waals surface area contributed by atoms with Gasteiger partial charge in [0.1, 0.15) is 5.69 Å². The van der Waals surface area contributed by atoms with Crippen molar-refractivity contribution in [3.8, 4) is 0 Å². The van der Waals surface area contributed by atoms with Gasteiger partial charge in [0.2, 0.25) is 5.91 Å². The van der Waals surface area contributed by atoms with Crippen LogP contribution < -0.4 is 10.6 Å². The number of carbonyl (C=O) groups excluding carboxylic acids is 1. The van der Waals surface area contributed by atoms with Gasteiger partial charge in [0.15, 0.2) is 0 Å². The highest BCUT2D eigenvalue weighted by Gasteiger charge is 2.15. The number of nitrogens with zero attached hydrogens (tertiary/aromatic N) is 2. The summed E-state index contributed by atoms with van der Waals surface area (Å²) < 4.78 is 0. The van der Waals surface area contributed by atoms with Crippen molar-refractivity contribution in [2.75, 3.05) is 32.5 Å². The first-order valence-corrected chi connectivity index (χ1v) is 6.89. The smallest absolute Gasteiger partial charge is 0.292 e. The molecule has 0 aliphatic carbocycles. The first kappa shape index (κ1) is 16.9. The summed E-state index contributed by atoms with van der Waals surface area (Å²) in [6.07, 6.45) is 0.933. The van der Waals surface area contributed by atoms with Crippen LogP contribution in [0.1, 0.15) is 18.9 Å². The van der Waals surface area contributed by atoms with E-state index in [2.05, 4.69) is 10.6 Å². The van der Waals surface area contributed by atoms with Gasteiger partial charge in [-0.25, -0.2) is 0 Å². The zero-order valence-corrected chi connectivity index (χ0v) is 12.7. The van der Waals surface area contributed by atoms with E-state index in [-0.39, 0.29) is 11.6 Å². The van der Waals surface area contributed by atoms with Gasteiger partial charge in [-0.15, -0.1) is 0 Å². The van der Waals surface area contributed by atoms with Gasteiger partial charge in [-0.3, -0.25) is 19.8 Å². The van der Waals surface area contributed by atoms with E-state index in [1.807, 2.05) is 11.8 Å². The Kier molecular flexibility index (Phi) is 6.61. The van der Waals surface area contributed by atoms with Crippen LogP contribution in [0.2, 0.25) is 0 Å². The highest BCUT2D eigenvalue weighted by atomic mass is 16.6. The fourth-order valence-corrected chi connectivity index (χ4v) is 2.11. The number of hydrogen-bond acceptors (Lipinski definition) is 5. The number of amides is 1. The van der Waals surface area contributed by atoms with Crippen molar-refractivity contribution in [1.82, 2.24) is 10.2 Å². The number of likely N-dealkylation sites (N-methyl/N-ethyl adjacent to an activating group) is 1. The van der Waals surface area contributed by atoms with Crippen LogP contribution in [0, 0.1) is 10.1 Å². The van der Waals surface area contributed by atoms with E-state index in [4.69, 9.17) is 0 Å². The third-order valence-electron chi connectivity index (χ3n) is 3.12. The van der Waals surface area contributed by atoms with Crippen molar-refractivity contribution in [3.05, 3.63) is 33.9 Å². The summed E-state index contributed by atoms with van der Waals surface area (Å²) in [5.74, 6) is -0.0424. The van der Waals surface area contributed by atoms with E-state index in [0.29, 0.717) is 18.8 Å². The molecule has 0 bridgehead atoms. The maximum Gasteiger partial charge on any atom is 0.292 e. The normalized spacial score (nSPS) is 10.5. The summed E-state index contributed by atoms with van der Waals surface area (Å²) in [5.41, 5.74) is 1.46. The maximum atomic E-state index is 11.5. The van der Waals surface area contributed by atoms with Crippen LogP contribution in [0.25, 0.3) is 0 Å². The Hall–Kier alpha value is -2.15. The molecule has 7 heteroatoms. The van der Waals surface area contributed by atoms with Gasteiger partial charge in [0.25, 0.3) is 5.69 Å². The zero-order chi connectivity index (χ0) is 15.8. The molecule has 0 heterocycles. The van der Waals surface area contributed by atoms with Crippen molar-refractivity contribution in [2.45, 2.75) is 19.9 Å². The van der Waals surface area contributed by atoms with Crippen LogP contribution in [0.4, 0.5) is 11.4 Å². The van der Waals surface area contributed by atoms with Gasteiger partial charge in [-0.2, -0.15) is 0 Å². The third-order valence-corrected chi connectivity index (χ3v) is 3.12. The minimum atomic E-state index is -0.413. The lowest BCUT2D eigenvalue weighted by molar-refractivity contribution is -0.384. The zero-order valence-electron chi connectivity index (χ0n) is 12.7. The maximum absolute atomic E-state index is 11.5. The Labute approximate surface area is 124 Å². The highest BCUT2D eigenvalue weighted by Crippen LogP contribution is 2.25. The van der Waals surface area contributed by atoms with Crippen molar-refractivity contribution in [2.24, 2.45) is 0 Å². The van der Waals surface area contributed by atoms with Crippen LogP contribution in [0.5, 0.6) is 0 Å². The summed E-state index contributed by atoms with van der Waals surface area (Å²) >= 11 is 0. The molecule has 0 aromatic heterocycles. The molecule has 0 unspecified atom stereocenters. The number of hydrogen-bond donors (Lipinski definition) is 2. The van der Waals surface area contributed by atoms with Gasteiger partial charge in [0.05, 0.1) is 11.5 Å². The predicted octanol–water partition coefficient (Wildman–Crippen LogP) is 1.59. The Balaban J connectivity index is 2.88. The van der Waals surface area contributed by atoms with E-state index in [1.165, 1.54) is 6.07 Å². The lowest BCUT2D eigenvalue weighted by Gasteiger charge is -2.21. The second-order valence-corrected chi connectivity index (χ2v) is 4.74. The Morgan fingerprint density at radius 2 is 2.10 bits per heavy atom. The second-order valence-electron chi connectivity index (χ2n) is 4.74. The first-order valence-electron chi connectivity index (χ1n) is 6.89. The molecule has 0 radical (unpaired) electrons. The fraction of sp³-hybridized carbons (Fsp3) is 0.500. The van der Waals surface area contributed by atoms with Gasteiger partial charge in [-0.1, -0.05) is 13.0 Å².